The second-order valence-corrected chi connectivity index (χ2v) is 14.8. The largest absolute Gasteiger partial charge is 0.490 e. The molecule has 0 bridgehead atoms. The van der Waals surface area contributed by atoms with Crippen molar-refractivity contribution >= 4 is 11.7 Å². The Balaban J connectivity index is 0.938. The summed E-state index contributed by atoms with van der Waals surface area (Å²) >= 11 is 0. The highest BCUT2D eigenvalue weighted by atomic mass is 19.1. The van der Waals surface area contributed by atoms with E-state index in [9.17, 15) is 14.3 Å². The van der Waals surface area contributed by atoms with Crippen molar-refractivity contribution < 1.29 is 23.8 Å². The van der Waals surface area contributed by atoms with E-state index in [0.717, 1.165) is 102 Å². The number of ether oxygens (including phenoxy) is 2. The number of carbonyl (C=O) groups excluding carboxylic acids is 1. The maximum atomic E-state index is 14.3. The number of nitrogens with zero attached hydrogens (tertiary/aromatic N) is 7. The summed E-state index contributed by atoms with van der Waals surface area (Å²) in [6.45, 7) is 13.9. The standard InChI is InChI=1S/C38H50FN7O4/c1-4-46(26(2)3)37(48)30-18-27(39)6-7-33(30)50-35-21-40-25-42-36(35)45-23-38(24-45)19-29(20-38)49-34-8-12-41-32-11-17-44(22-31(32)34)14-5-13-43-15-9-28(47)10-16-43/h6-8,12,18,21,25-26,28-29,47H,4-5,9-11,13-17,19-20,22-24H2,1-3H3. The van der Waals surface area contributed by atoms with Crippen LogP contribution in [0.3, 0.4) is 0 Å². The number of hydrogen-bond acceptors (Lipinski definition) is 10. The van der Waals surface area contributed by atoms with Gasteiger partial charge in [0.15, 0.2) is 11.6 Å². The normalized spacial score (nSPS) is 19.6. The van der Waals surface area contributed by atoms with Crippen molar-refractivity contribution in [3.8, 4) is 17.2 Å². The van der Waals surface area contributed by atoms with Crippen LogP contribution >= 0.6 is 0 Å². The molecule has 1 aliphatic carbocycles. The molecule has 2 saturated heterocycles. The van der Waals surface area contributed by atoms with E-state index in [0.29, 0.717) is 18.1 Å². The Bertz CT molecular complexity index is 1650. The molecule has 0 unspecified atom stereocenters. The second-order valence-electron chi connectivity index (χ2n) is 14.8. The molecule has 1 aromatic carbocycles. The highest BCUT2D eigenvalue weighted by Gasteiger charge is 2.54. The molecule has 11 nitrogen and oxygen atoms in total. The number of hydrogen-bond donors (Lipinski definition) is 1. The highest BCUT2D eigenvalue weighted by Crippen LogP contribution is 2.52. The maximum Gasteiger partial charge on any atom is 0.257 e. The summed E-state index contributed by atoms with van der Waals surface area (Å²) in [5.74, 6) is 1.57. The fourth-order valence-electron chi connectivity index (χ4n) is 8.16. The monoisotopic (exact) mass is 687 g/mol. The molecule has 12 heteroatoms. The van der Waals surface area contributed by atoms with Crippen molar-refractivity contribution in [2.45, 2.75) is 84.1 Å². The molecule has 1 saturated carbocycles. The molecule has 0 radical (unpaired) electrons. The summed E-state index contributed by atoms with van der Waals surface area (Å²) in [4.78, 5) is 35.7. The van der Waals surface area contributed by atoms with Gasteiger partial charge in [-0.3, -0.25) is 14.7 Å². The van der Waals surface area contributed by atoms with Gasteiger partial charge in [-0.2, -0.15) is 0 Å². The predicted molar refractivity (Wildman–Crippen MR) is 188 cm³/mol. The zero-order valence-corrected chi connectivity index (χ0v) is 29.6. The molecular weight excluding hydrogens is 637 g/mol. The molecule has 7 rings (SSSR count). The van der Waals surface area contributed by atoms with Crippen LogP contribution in [0.25, 0.3) is 0 Å². The topological polar surface area (TPSA) is 107 Å². The number of pyridine rings is 1. The summed E-state index contributed by atoms with van der Waals surface area (Å²) in [7, 11) is 0. The number of fused-ring (bicyclic) bond motifs is 1. The lowest BCUT2D eigenvalue weighted by Gasteiger charge is -2.59. The summed E-state index contributed by atoms with van der Waals surface area (Å²) in [6, 6.07) is 6.02. The van der Waals surface area contributed by atoms with E-state index in [4.69, 9.17) is 14.5 Å². The van der Waals surface area contributed by atoms with E-state index in [-0.39, 0.29) is 40.9 Å². The third kappa shape index (κ3) is 7.43. The molecule has 5 heterocycles. The fourth-order valence-corrected chi connectivity index (χ4v) is 8.16. The lowest BCUT2D eigenvalue weighted by Crippen LogP contribution is -2.65. The van der Waals surface area contributed by atoms with Crippen LogP contribution < -0.4 is 14.4 Å². The third-order valence-electron chi connectivity index (χ3n) is 10.9. The van der Waals surface area contributed by atoms with Gasteiger partial charge < -0.3 is 29.3 Å². The molecule has 0 atom stereocenters. The van der Waals surface area contributed by atoms with Crippen molar-refractivity contribution in [2.24, 2.45) is 5.41 Å². The summed E-state index contributed by atoms with van der Waals surface area (Å²) in [6.07, 6.45) is 10.8. The number of carbonyl (C=O) groups is 1. The van der Waals surface area contributed by atoms with Crippen molar-refractivity contribution in [3.63, 3.8) is 0 Å². The van der Waals surface area contributed by atoms with Crippen LogP contribution in [0.2, 0.25) is 0 Å². The summed E-state index contributed by atoms with van der Waals surface area (Å²) in [5, 5.41) is 9.80. The molecule has 1 spiro atoms. The quantitative estimate of drug-likeness (QED) is 0.282. The molecule has 50 heavy (non-hydrogen) atoms. The van der Waals surface area contributed by atoms with E-state index in [1.165, 1.54) is 30.1 Å². The number of likely N-dealkylation sites (tertiary alicyclic amines) is 1. The van der Waals surface area contributed by atoms with Gasteiger partial charge in [-0.25, -0.2) is 14.4 Å². The van der Waals surface area contributed by atoms with Gasteiger partial charge in [0, 0.05) is 81.1 Å². The van der Waals surface area contributed by atoms with Gasteiger partial charge in [0.25, 0.3) is 5.91 Å². The van der Waals surface area contributed by atoms with Crippen LogP contribution in [0.4, 0.5) is 10.2 Å². The Labute approximate surface area is 294 Å². The fraction of sp³-hybridized carbons (Fsp3) is 0.579. The van der Waals surface area contributed by atoms with Gasteiger partial charge in [0.1, 0.15) is 29.7 Å². The Morgan fingerprint density at radius 1 is 1.06 bits per heavy atom. The van der Waals surface area contributed by atoms with Crippen LogP contribution in [0.15, 0.2) is 43.0 Å². The number of rotatable bonds is 12. The van der Waals surface area contributed by atoms with E-state index in [1.54, 1.807) is 11.1 Å². The molecule has 4 aliphatic rings. The number of aliphatic hydroxyl groups excluding tert-OH is 1. The van der Waals surface area contributed by atoms with Crippen molar-refractivity contribution in [1.82, 2.24) is 29.7 Å². The predicted octanol–water partition coefficient (Wildman–Crippen LogP) is 4.93. The zero-order chi connectivity index (χ0) is 34.8. The van der Waals surface area contributed by atoms with Gasteiger partial charge in [-0.1, -0.05) is 0 Å². The number of anilines is 1. The van der Waals surface area contributed by atoms with Gasteiger partial charge in [0.05, 0.1) is 17.9 Å². The Hall–Kier alpha value is -3.87. The molecule has 3 fully saturated rings. The molecule has 2 aromatic heterocycles. The van der Waals surface area contributed by atoms with Crippen LogP contribution in [-0.2, 0) is 13.0 Å². The van der Waals surface area contributed by atoms with Crippen LogP contribution in [-0.4, -0.2) is 111 Å². The molecule has 3 aliphatic heterocycles. The lowest BCUT2D eigenvalue weighted by molar-refractivity contribution is -0.0352. The second kappa shape index (κ2) is 14.8. The van der Waals surface area contributed by atoms with E-state index >= 15 is 0 Å². The first-order chi connectivity index (χ1) is 24.2. The maximum absolute atomic E-state index is 14.3. The SMILES string of the molecule is CCN(C(=O)c1cc(F)ccc1Oc1cncnc1N1CC2(CC(Oc3ccnc4c3CN(CCCN3CCC(O)CC3)CC4)C2)C1)C(C)C. The Kier molecular flexibility index (Phi) is 10.2. The first kappa shape index (κ1) is 34.6. The third-order valence-corrected chi connectivity index (χ3v) is 10.9. The molecule has 1 N–H and O–H groups in total. The number of benzene rings is 1. The number of amides is 1. The van der Waals surface area contributed by atoms with Gasteiger partial charge in [-0.15, -0.1) is 0 Å². The van der Waals surface area contributed by atoms with Crippen LogP contribution in [0.1, 0.15) is 74.5 Å². The average Bonchev–Trinajstić information content (AvgIpc) is 3.07. The molecular formula is C38H50FN7O4. The van der Waals surface area contributed by atoms with Crippen molar-refractivity contribution in [3.05, 3.63) is 65.6 Å². The molecule has 3 aromatic rings. The molecule has 1 amide bonds. The van der Waals surface area contributed by atoms with Crippen LogP contribution in [0, 0.1) is 11.2 Å². The van der Waals surface area contributed by atoms with E-state index < -0.39 is 5.82 Å². The number of halogens is 1. The Morgan fingerprint density at radius 3 is 2.60 bits per heavy atom. The van der Waals surface area contributed by atoms with E-state index in [2.05, 4.69) is 24.7 Å². The number of aliphatic hydroxyl groups is 1. The van der Waals surface area contributed by atoms with Gasteiger partial charge in [-0.05, 0) is 90.2 Å². The number of piperidine rings is 1. The minimum absolute atomic E-state index is 0.0394. The van der Waals surface area contributed by atoms with Crippen LogP contribution in [0.5, 0.6) is 17.2 Å². The Morgan fingerprint density at radius 2 is 1.84 bits per heavy atom. The first-order valence-electron chi connectivity index (χ1n) is 18.3. The van der Waals surface area contributed by atoms with Gasteiger partial charge >= 0.3 is 0 Å². The highest BCUT2D eigenvalue weighted by molar-refractivity contribution is 5.97. The smallest absolute Gasteiger partial charge is 0.257 e. The minimum Gasteiger partial charge on any atom is -0.490 e. The van der Waals surface area contributed by atoms with E-state index in [1.807, 2.05) is 33.0 Å². The summed E-state index contributed by atoms with van der Waals surface area (Å²) in [5.41, 5.74) is 2.72. The summed E-state index contributed by atoms with van der Waals surface area (Å²) < 4.78 is 27.2. The average molecular weight is 688 g/mol. The first-order valence-corrected chi connectivity index (χ1v) is 18.3. The van der Waals surface area contributed by atoms with Crippen molar-refractivity contribution in [2.75, 3.05) is 57.3 Å². The zero-order valence-electron chi connectivity index (χ0n) is 29.6. The lowest BCUT2D eigenvalue weighted by atomic mass is 9.61. The van der Waals surface area contributed by atoms with Gasteiger partial charge in [0.2, 0.25) is 0 Å². The molecule has 268 valence electrons. The minimum atomic E-state index is -0.493. The number of aromatic nitrogens is 3. The van der Waals surface area contributed by atoms with Crippen molar-refractivity contribution in [1.29, 1.82) is 0 Å².